The molecule has 0 saturated carbocycles. The van der Waals surface area contributed by atoms with Crippen LogP contribution in [0.25, 0.3) is 0 Å². The Kier molecular flexibility index (Phi) is 18.6. The van der Waals surface area contributed by atoms with Crippen molar-refractivity contribution < 1.29 is 28.7 Å². The summed E-state index contributed by atoms with van der Waals surface area (Å²) in [5, 5.41) is 15.4. The second-order valence-corrected chi connectivity index (χ2v) is 11.7. The van der Waals surface area contributed by atoms with Crippen molar-refractivity contribution in [2.75, 3.05) is 39.3 Å². The van der Waals surface area contributed by atoms with Gasteiger partial charge in [0.2, 0.25) is 11.8 Å². The molecule has 3 aromatic carbocycles. The Morgan fingerprint density at radius 3 is 1.92 bits per heavy atom. The molecule has 0 spiro atoms. The predicted molar refractivity (Wildman–Crippen MR) is 190 cm³/mol. The largest absolute Gasteiger partial charge is 0.445 e. The molecule has 5 N–H and O–H groups in total. The van der Waals surface area contributed by atoms with Crippen LogP contribution in [-0.4, -0.2) is 69.2 Å². The van der Waals surface area contributed by atoms with Crippen LogP contribution in [0, 0.1) is 0 Å². The minimum Gasteiger partial charge on any atom is -0.445 e. The van der Waals surface area contributed by atoms with Gasteiger partial charge < -0.3 is 36.1 Å². The fourth-order valence-corrected chi connectivity index (χ4v) is 4.85. The van der Waals surface area contributed by atoms with E-state index in [9.17, 15) is 19.2 Å². The number of carbonyl (C=O) groups is 4. The second kappa shape index (κ2) is 23.6. The Morgan fingerprint density at radius 2 is 1.24 bits per heavy atom. The van der Waals surface area contributed by atoms with E-state index in [4.69, 9.17) is 9.47 Å². The number of carbonyl (C=O) groups excluding carboxylic acids is 4. The lowest BCUT2D eigenvalue weighted by Crippen LogP contribution is -2.48. The third-order valence-electron chi connectivity index (χ3n) is 7.51. The molecular weight excluding hydrogens is 622 g/mol. The molecule has 0 aliphatic carbocycles. The summed E-state index contributed by atoms with van der Waals surface area (Å²) in [7, 11) is 0. The first-order valence-electron chi connectivity index (χ1n) is 17.2. The van der Waals surface area contributed by atoms with Crippen LogP contribution < -0.4 is 31.3 Å². The van der Waals surface area contributed by atoms with Crippen LogP contribution in [0.15, 0.2) is 84.9 Å². The molecule has 0 fully saturated rings. The molecule has 0 saturated heterocycles. The average molecular weight is 674 g/mol. The van der Waals surface area contributed by atoms with Crippen molar-refractivity contribution in [1.29, 1.82) is 0 Å². The maximum atomic E-state index is 13.0. The van der Waals surface area contributed by atoms with Gasteiger partial charge in [0, 0.05) is 25.9 Å². The number of hydrogen-bond donors (Lipinski definition) is 5. The number of ether oxygens (including phenoxy) is 2. The molecule has 0 aromatic heterocycles. The van der Waals surface area contributed by atoms with Crippen LogP contribution in [0.1, 0.15) is 66.9 Å². The first-order chi connectivity index (χ1) is 23.9. The SMILES string of the molecule is CCCC(=O)N[C@@H](Cc1ccc(OC(=O)c2ccccc2)cc1)C(=O)NCCCCNCCCNCCCNC(=O)OCc1ccccc1. The molecule has 11 heteroatoms. The van der Waals surface area contributed by atoms with E-state index in [1.807, 2.05) is 43.3 Å². The summed E-state index contributed by atoms with van der Waals surface area (Å²) in [5.74, 6) is -0.420. The maximum absolute atomic E-state index is 13.0. The van der Waals surface area contributed by atoms with E-state index < -0.39 is 18.1 Å². The third kappa shape index (κ3) is 16.8. The smallest absolute Gasteiger partial charge is 0.407 e. The fourth-order valence-electron chi connectivity index (χ4n) is 4.85. The number of alkyl carbamates (subject to hydrolysis) is 1. The molecule has 11 nitrogen and oxygen atoms in total. The monoisotopic (exact) mass is 673 g/mol. The Balaban J connectivity index is 1.22. The fraction of sp³-hybridized carbons (Fsp3) is 0.421. The van der Waals surface area contributed by atoms with Crippen molar-refractivity contribution in [2.45, 2.75) is 64.5 Å². The molecule has 0 aliphatic heterocycles. The van der Waals surface area contributed by atoms with Gasteiger partial charge in [0.25, 0.3) is 0 Å². The molecule has 1 atom stereocenters. The zero-order chi connectivity index (χ0) is 34.9. The average Bonchev–Trinajstić information content (AvgIpc) is 3.12. The summed E-state index contributed by atoms with van der Waals surface area (Å²) in [6, 6.07) is 24.6. The highest BCUT2D eigenvalue weighted by Gasteiger charge is 2.21. The van der Waals surface area contributed by atoms with Crippen molar-refractivity contribution in [3.63, 3.8) is 0 Å². The number of unbranched alkanes of at least 4 members (excludes halogenated alkanes) is 1. The van der Waals surface area contributed by atoms with Gasteiger partial charge in [-0.3, -0.25) is 9.59 Å². The number of esters is 1. The lowest BCUT2D eigenvalue weighted by molar-refractivity contribution is -0.129. The van der Waals surface area contributed by atoms with Gasteiger partial charge >= 0.3 is 12.1 Å². The molecule has 264 valence electrons. The van der Waals surface area contributed by atoms with Gasteiger partial charge in [0.05, 0.1) is 5.56 Å². The van der Waals surface area contributed by atoms with Crippen molar-refractivity contribution in [2.24, 2.45) is 0 Å². The third-order valence-corrected chi connectivity index (χ3v) is 7.51. The summed E-state index contributed by atoms with van der Waals surface area (Å²) >= 11 is 0. The quantitative estimate of drug-likeness (QED) is 0.0562. The number of benzene rings is 3. The van der Waals surface area contributed by atoms with E-state index >= 15 is 0 Å². The zero-order valence-electron chi connectivity index (χ0n) is 28.5. The van der Waals surface area contributed by atoms with Gasteiger partial charge in [-0.15, -0.1) is 0 Å². The Bertz CT molecular complexity index is 1390. The highest BCUT2D eigenvalue weighted by molar-refractivity contribution is 5.91. The Labute approximate surface area is 289 Å². The minimum absolute atomic E-state index is 0.161. The van der Waals surface area contributed by atoms with Crippen LogP contribution in [-0.2, 0) is 27.4 Å². The van der Waals surface area contributed by atoms with E-state index in [0.29, 0.717) is 43.7 Å². The molecule has 0 unspecified atom stereocenters. The maximum Gasteiger partial charge on any atom is 0.407 e. The predicted octanol–water partition coefficient (Wildman–Crippen LogP) is 4.52. The molecule has 3 rings (SSSR count). The molecule has 0 heterocycles. The zero-order valence-corrected chi connectivity index (χ0v) is 28.5. The van der Waals surface area contributed by atoms with Gasteiger partial charge in [0.1, 0.15) is 18.4 Å². The van der Waals surface area contributed by atoms with E-state index in [2.05, 4.69) is 26.6 Å². The van der Waals surface area contributed by atoms with Crippen LogP contribution in [0.2, 0.25) is 0 Å². The molecule has 3 aromatic rings. The molecule has 49 heavy (non-hydrogen) atoms. The van der Waals surface area contributed by atoms with Crippen molar-refractivity contribution in [3.05, 3.63) is 102 Å². The highest BCUT2D eigenvalue weighted by atomic mass is 16.5. The minimum atomic E-state index is -0.702. The van der Waals surface area contributed by atoms with E-state index in [1.165, 1.54) is 0 Å². The number of nitrogens with one attached hydrogen (secondary N) is 5. The van der Waals surface area contributed by atoms with Gasteiger partial charge in [-0.25, -0.2) is 9.59 Å². The second-order valence-electron chi connectivity index (χ2n) is 11.7. The molecular formula is C38H51N5O6. The summed E-state index contributed by atoms with van der Waals surface area (Å²) < 4.78 is 10.6. The van der Waals surface area contributed by atoms with Crippen molar-refractivity contribution in [1.82, 2.24) is 26.6 Å². The van der Waals surface area contributed by atoms with Gasteiger partial charge in [0.15, 0.2) is 0 Å². The Hall–Kier alpha value is -4.74. The summed E-state index contributed by atoms with van der Waals surface area (Å²) in [6.07, 6.45) is 4.49. The topological polar surface area (TPSA) is 147 Å². The molecule has 0 bridgehead atoms. The van der Waals surface area contributed by atoms with Crippen molar-refractivity contribution >= 4 is 23.9 Å². The van der Waals surface area contributed by atoms with E-state index in [1.54, 1.807) is 48.5 Å². The van der Waals surface area contributed by atoms with Crippen LogP contribution in [0.4, 0.5) is 4.79 Å². The van der Waals surface area contributed by atoms with Crippen LogP contribution >= 0.6 is 0 Å². The molecule has 0 radical (unpaired) electrons. The van der Waals surface area contributed by atoms with Gasteiger partial charge in [-0.2, -0.15) is 0 Å². The number of rotatable bonds is 23. The van der Waals surface area contributed by atoms with Gasteiger partial charge in [-0.05, 0) is 93.7 Å². The van der Waals surface area contributed by atoms with Gasteiger partial charge in [-0.1, -0.05) is 67.6 Å². The van der Waals surface area contributed by atoms with Crippen LogP contribution in [0.3, 0.4) is 0 Å². The Morgan fingerprint density at radius 1 is 0.653 bits per heavy atom. The van der Waals surface area contributed by atoms with E-state index in [-0.39, 0.29) is 18.4 Å². The summed E-state index contributed by atoms with van der Waals surface area (Å²) in [4.78, 5) is 49.5. The highest BCUT2D eigenvalue weighted by Crippen LogP contribution is 2.16. The first-order valence-corrected chi connectivity index (χ1v) is 17.2. The standard InChI is InChI=1S/C38H51N5O6/c1-2-13-35(44)43-34(28-30-18-20-33(21-19-30)49-37(46)32-16-7-4-8-17-32)36(45)41-26-10-9-22-39-23-11-24-40-25-12-27-42-38(47)48-29-31-14-5-3-6-15-31/h3-8,14-21,34,39-40H,2,9-13,22-29H2,1H3,(H,41,45)(H,42,47)(H,43,44)/t34-/m0/s1. The van der Waals surface area contributed by atoms with Crippen LogP contribution in [0.5, 0.6) is 5.75 Å². The number of hydrogen-bond acceptors (Lipinski definition) is 8. The lowest BCUT2D eigenvalue weighted by atomic mass is 10.0. The lowest BCUT2D eigenvalue weighted by Gasteiger charge is -2.19. The summed E-state index contributed by atoms with van der Waals surface area (Å²) in [5.41, 5.74) is 2.26. The normalized spacial score (nSPS) is 11.3. The number of amides is 3. The van der Waals surface area contributed by atoms with E-state index in [0.717, 1.165) is 63.0 Å². The van der Waals surface area contributed by atoms with Crippen molar-refractivity contribution in [3.8, 4) is 5.75 Å². The summed E-state index contributed by atoms with van der Waals surface area (Å²) in [6.45, 7) is 6.70. The molecule has 3 amide bonds. The molecule has 0 aliphatic rings. The first kappa shape index (κ1) is 38.7.